The van der Waals surface area contributed by atoms with Gasteiger partial charge in [0.15, 0.2) is 5.96 Å². The second-order valence-corrected chi connectivity index (χ2v) is 4.55. The number of hydrogen-bond acceptors (Lipinski definition) is 2. The molecule has 0 amide bonds. The highest BCUT2D eigenvalue weighted by Crippen LogP contribution is 2.08. The van der Waals surface area contributed by atoms with Crippen molar-refractivity contribution >= 4 is 5.96 Å². The van der Waals surface area contributed by atoms with Crippen molar-refractivity contribution in [3.8, 4) is 0 Å². The molecule has 20 heavy (non-hydrogen) atoms. The summed E-state index contributed by atoms with van der Waals surface area (Å²) in [6.07, 6.45) is 1.68. The summed E-state index contributed by atoms with van der Waals surface area (Å²) in [6.45, 7) is 6.29. The number of hydrogen-bond donors (Lipinski definition) is 2. The van der Waals surface area contributed by atoms with E-state index in [1.807, 2.05) is 24.3 Å². The first-order valence-corrected chi connectivity index (χ1v) is 6.88. The monoisotopic (exact) mass is 271 g/mol. The molecule has 0 unspecified atom stereocenters. The van der Waals surface area contributed by atoms with Gasteiger partial charge in [-0.2, -0.15) is 0 Å². The molecule has 0 radical (unpaired) electrons. The van der Waals surface area contributed by atoms with E-state index in [-0.39, 0.29) is 0 Å². The van der Waals surface area contributed by atoms with Crippen molar-refractivity contribution in [2.24, 2.45) is 4.99 Å². The Hall–Kier alpha value is -2.23. The lowest BCUT2D eigenvalue weighted by Gasteiger charge is -2.10. The van der Waals surface area contributed by atoms with Crippen molar-refractivity contribution < 1.29 is 4.42 Å². The van der Waals surface area contributed by atoms with E-state index in [1.54, 1.807) is 6.26 Å². The van der Waals surface area contributed by atoms with Crippen LogP contribution in [-0.4, -0.2) is 12.5 Å². The van der Waals surface area contributed by atoms with E-state index in [1.165, 1.54) is 11.1 Å². The van der Waals surface area contributed by atoms with Gasteiger partial charge in [-0.05, 0) is 37.1 Å². The van der Waals surface area contributed by atoms with Crippen LogP contribution in [0, 0.1) is 6.92 Å². The zero-order chi connectivity index (χ0) is 14.2. The zero-order valence-corrected chi connectivity index (χ0v) is 12.0. The van der Waals surface area contributed by atoms with Crippen LogP contribution >= 0.6 is 0 Å². The summed E-state index contributed by atoms with van der Waals surface area (Å²) in [5.41, 5.74) is 2.50. The fraction of sp³-hybridized carbons (Fsp3) is 0.312. The molecule has 2 aromatic rings. The van der Waals surface area contributed by atoms with Crippen LogP contribution in [0.15, 0.2) is 52.1 Å². The molecule has 0 saturated carbocycles. The van der Waals surface area contributed by atoms with Crippen LogP contribution in [0.4, 0.5) is 0 Å². The highest BCUT2D eigenvalue weighted by Gasteiger charge is 2.01. The van der Waals surface area contributed by atoms with E-state index in [0.717, 1.165) is 18.3 Å². The number of aryl methyl sites for hydroxylation is 1. The first kappa shape index (κ1) is 14.2. The molecule has 0 fully saturated rings. The van der Waals surface area contributed by atoms with Crippen LogP contribution in [0.1, 0.15) is 23.8 Å². The van der Waals surface area contributed by atoms with Gasteiger partial charge in [-0.1, -0.05) is 24.3 Å². The van der Waals surface area contributed by atoms with E-state index in [0.29, 0.717) is 13.1 Å². The van der Waals surface area contributed by atoms with Crippen molar-refractivity contribution in [1.29, 1.82) is 0 Å². The molecule has 0 aliphatic heterocycles. The van der Waals surface area contributed by atoms with Gasteiger partial charge in [0.05, 0.1) is 19.4 Å². The molecule has 4 nitrogen and oxygen atoms in total. The molecule has 0 aliphatic carbocycles. The summed E-state index contributed by atoms with van der Waals surface area (Å²) in [4.78, 5) is 4.60. The number of furan rings is 1. The molecule has 0 saturated heterocycles. The number of aliphatic imine (C=N–C) groups is 1. The highest BCUT2D eigenvalue weighted by molar-refractivity contribution is 5.79. The summed E-state index contributed by atoms with van der Waals surface area (Å²) in [7, 11) is 0. The molecule has 0 bridgehead atoms. The van der Waals surface area contributed by atoms with Crippen LogP contribution in [0.2, 0.25) is 0 Å². The van der Waals surface area contributed by atoms with Gasteiger partial charge < -0.3 is 15.1 Å². The molecule has 0 spiro atoms. The van der Waals surface area contributed by atoms with Crippen molar-refractivity contribution in [2.75, 3.05) is 6.54 Å². The Labute approximate surface area is 119 Å². The van der Waals surface area contributed by atoms with Gasteiger partial charge in [-0.3, -0.25) is 0 Å². The summed E-state index contributed by atoms with van der Waals surface area (Å²) in [6, 6.07) is 12.1. The van der Waals surface area contributed by atoms with Crippen molar-refractivity contribution in [1.82, 2.24) is 10.6 Å². The molecule has 2 N–H and O–H groups in total. The van der Waals surface area contributed by atoms with E-state index in [9.17, 15) is 0 Å². The Morgan fingerprint density at radius 3 is 2.70 bits per heavy atom. The van der Waals surface area contributed by atoms with Crippen LogP contribution in [0.5, 0.6) is 0 Å². The Bertz CT molecular complexity index is 547. The lowest BCUT2D eigenvalue weighted by atomic mass is 10.1. The molecule has 0 aliphatic rings. The van der Waals surface area contributed by atoms with E-state index in [4.69, 9.17) is 4.42 Å². The maximum Gasteiger partial charge on any atom is 0.191 e. The zero-order valence-electron chi connectivity index (χ0n) is 12.0. The Morgan fingerprint density at radius 1 is 1.15 bits per heavy atom. The topological polar surface area (TPSA) is 49.6 Å². The number of nitrogens with one attached hydrogen (secondary N) is 2. The normalized spacial score (nSPS) is 11.4. The van der Waals surface area contributed by atoms with Crippen LogP contribution in [-0.2, 0) is 13.1 Å². The minimum Gasteiger partial charge on any atom is -0.467 e. The first-order valence-electron chi connectivity index (χ1n) is 6.88. The lowest BCUT2D eigenvalue weighted by Crippen LogP contribution is -2.36. The van der Waals surface area contributed by atoms with Crippen molar-refractivity contribution in [2.45, 2.75) is 26.9 Å². The van der Waals surface area contributed by atoms with Crippen molar-refractivity contribution in [3.63, 3.8) is 0 Å². The molecule has 0 atom stereocenters. The van der Waals surface area contributed by atoms with Gasteiger partial charge >= 0.3 is 0 Å². The van der Waals surface area contributed by atoms with E-state index in [2.05, 4.69) is 41.6 Å². The van der Waals surface area contributed by atoms with Gasteiger partial charge in [-0.25, -0.2) is 4.99 Å². The lowest BCUT2D eigenvalue weighted by molar-refractivity contribution is 0.501. The minimum absolute atomic E-state index is 0.632. The SMILES string of the molecule is CCNC(=NCc1ccccc1C)NCc1ccco1. The van der Waals surface area contributed by atoms with Gasteiger partial charge in [0.1, 0.15) is 5.76 Å². The first-order chi connectivity index (χ1) is 9.79. The highest BCUT2D eigenvalue weighted by atomic mass is 16.3. The third-order valence-corrected chi connectivity index (χ3v) is 3.02. The molecule has 1 aromatic heterocycles. The molecule has 2 rings (SSSR count). The average Bonchev–Trinajstić information content (AvgIpc) is 2.97. The smallest absolute Gasteiger partial charge is 0.191 e. The Morgan fingerprint density at radius 2 is 2.00 bits per heavy atom. The van der Waals surface area contributed by atoms with Crippen LogP contribution in [0.25, 0.3) is 0 Å². The predicted molar refractivity (Wildman–Crippen MR) is 81.5 cm³/mol. The maximum absolute atomic E-state index is 5.30. The molecular weight excluding hydrogens is 250 g/mol. The predicted octanol–water partition coefficient (Wildman–Crippen LogP) is 2.84. The van der Waals surface area contributed by atoms with Gasteiger partial charge in [-0.15, -0.1) is 0 Å². The number of guanidine groups is 1. The number of benzene rings is 1. The second kappa shape index (κ2) is 7.38. The quantitative estimate of drug-likeness (QED) is 0.649. The molecule has 1 heterocycles. The third kappa shape index (κ3) is 4.16. The van der Waals surface area contributed by atoms with Gasteiger partial charge in [0.2, 0.25) is 0 Å². The summed E-state index contributed by atoms with van der Waals surface area (Å²) in [5, 5.41) is 6.49. The van der Waals surface area contributed by atoms with Crippen LogP contribution < -0.4 is 10.6 Å². The number of rotatable bonds is 5. The molecule has 106 valence electrons. The summed E-state index contributed by atoms with van der Waals surface area (Å²) >= 11 is 0. The summed E-state index contributed by atoms with van der Waals surface area (Å²) in [5.74, 6) is 1.69. The standard InChI is InChI=1S/C16H21N3O/c1-3-17-16(19-12-15-9-6-10-20-15)18-11-14-8-5-4-7-13(14)2/h4-10H,3,11-12H2,1-2H3,(H2,17,18,19). The van der Waals surface area contributed by atoms with E-state index < -0.39 is 0 Å². The maximum atomic E-state index is 5.30. The van der Waals surface area contributed by atoms with Crippen LogP contribution in [0.3, 0.4) is 0 Å². The largest absolute Gasteiger partial charge is 0.467 e. The molecular formula is C16H21N3O. The Kier molecular flexibility index (Phi) is 5.24. The number of nitrogens with zero attached hydrogens (tertiary/aromatic N) is 1. The molecule has 1 aromatic carbocycles. The summed E-state index contributed by atoms with van der Waals surface area (Å²) < 4.78 is 5.30. The molecule has 4 heteroatoms. The second-order valence-electron chi connectivity index (χ2n) is 4.55. The fourth-order valence-corrected chi connectivity index (χ4v) is 1.88. The fourth-order valence-electron chi connectivity index (χ4n) is 1.88. The van der Waals surface area contributed by atoms with Gasteiger partial charge in [0, 0.05) is 6.54 Å². The Balaban J connectivity index is 1.96. The minimum atomic E-state index is 0.632. The third-order valence-electron chi connectivity index (χ3n) is 3.02. The van der Waals surface area contributed by atoms with E-state index >= 15 is 0 Å². The van der Waals surface area contributed by atoms with Crippen molar-refractivity contribution in [3.05, 3.63) is 59.5 Å². The van der Waals surface area contributed by atoms with Gasteiger partial charge in [0.25, 0.3) is 0 Å². The average molecular weight is 271 g/mol.